The molecule has 72 valence electrons. The largest absolute Gasteiger partial charge is 0.349 e. The van der Waals surface area contributed by atoms with Crippen LogP contribution in [-0.4, -0.2) is 27.6 Å². The van der Waals surface area contributed by atoms with E-state index in [4.69, 9.17) is 0 Å². The zero-order valence-electron chi connectivity index (χ0n) is 7.87. The first kappa shape index (κ1) is 9.70. The summed E-state index contributed by atoms with van der Waals surface area (Å²) < 4.78 is 0. The molecule has 0 bridgehead atoms. The first-order valence-corrected chi connectivity index (χ1v) is 4.37. The fraction of sp³-hybridized carbons (Fsp3) is 0.625. The van der Waals surface area contributed by atoms with E-state index in [1.165, 1.54) is 6.33 Å². The Kier molecular flexibility index (Phi) is 3.42. The Morgan fingerprint density at radius 3 is 3.08 bits per heavy atom. The molecule has 5 heteroatoms. The van der Waals surface area contributed by atoms with Gasteiger partial charge in [0.05, 0.1) is 0 Å². The van der Waals surface area contributed by atoms with E-state index < -0.39 is 0 Å². The van der Waals surface area contributed by atoms with Crippen molar-refractivity contribution in [2.75, 3.05) is 6.54 Å². The molecule has 1 atom stereocenters. The zero-order valence-corrected chi connectivity index (χ0v) is 7.87. The van der Waals surface area contributed by atoms with Crippen molar-refractivity contribution in [2.24, 2.45) is 5.92 Å². The van der Waals surface area contributed by atoms with E-state index in [0.29, 0.717) is 12.5 Å². The van der Waals surface area contributed by atoms with Crippen LogP contribution in [0, 0.1) is 5.92 Å². The van der Waals surface area contributed by atoms with Crippen molar-refractivity contribution < 1.29 is 4.79 Å². The van der Waals surface area contributed by atoms with Crippen LogP contribution in [0.15, 0.2) is 6.33 Å². The normalized spacial score (nSPS) is 12.5. The Labute approximate surface area is 76.9 Å². The number of carbonyl (C=O) groups is 1. The highest BCUT2D eigenvalue weighted by molar-refractivity contribution is 5.90. The molecule has 1 amide bonds. The number of nitrogens with zero attached hydrogens (tertiary/aromatic N) is 2. The highest BCUT2D eigenvalue weighted by Crippen LogP contribution is 1.97. The summed E-state index contributed by atoms with van der Waals surface area (Å²) in [4.78, 5) is 15.0. The Balaban J connectivity index is 2.35. The van der Waals surface area contributed by atoms with Gasteiger partial charge in [0.25, 0.3) is 5.91 Å². The first-order valence-electron chi connectivity index (χ1n) is 4.37. The molecule has 1 rings (SSSR count). The monoisotopic (exact) mass is 182 g/mol. The predicted octanol–water partition coefficient (Wildman–Crippen LogP) is 0.581. The van der Waals surface area contributed by atoms with E-state index in [0.717, 1.165) is 6.42 Å². The van der Waals surface area contributed by atoms with Crippen LogP contribution < -0.4 is 5.32 Å². The fourth-order valence-electron chi connectivity index (χ4n) is 0.810. The summed E-state index contributed by atoms with van der Waals surface area (Å²) in [5.41, 5.74) is 0. The van der Waals surface area contributed by atoms with Crippen molar-refractivity contribution in [1.82, 2.24) is 20.5 Å². The number of rotatable bonds is 4. The summed E-state index contributed by atoms with van der Waals surface area (Å²) in [7, 11) is 0. The molecule has 13 heavy (non-hydrogen) atoms. The number of H-pyrrole nitrogens is 1. The van der Waals surface area contributed by atoms with Crippen molar-refractivity contribution in [3.63, 3.8) is 0 Å². The molecule has 0 saturated heterocycles. The molecular weight excluding hydrogens is 168 g/mol. The molecule has 1 unspecified atom stereocenters. The van der Waals surface area contributed by atoms with Gasteiger partial charge < -0.3 is 5.32 Å². The van der Waals surface area contributed by atoms with Crippen LogP contribution in [0.3, 0.4) is 0 Å². The van der Waals surface area contributed by atoms with Gasteiger partial charge >= 0.3 is 0 Å². The zero-order chi connectivity index (χ0) is 9.68. The van der Waals surface area contributed by atoms with Crippen LogP contribution in [0.2, 0.25) is 0 Å². The van der Waals surface area contributed by atoms with Gasteiger partial charge in [-0.3, -0.25) is 9.89 Å². The van der Waals surface area contributed by atoms with Crippen LogP contribution in [0.1, 0.15) is 30.9 Å². The van der Waals surface area contributed by atoms with Gasteiger partial charge in [-0.1, -0.05) is 20.3 Å². The van der Waals surface area contributed by atoms with Crippen LogP contribution in [0.25, 0.3) is 0 Å². The highest BCUT2D eigenvalue weighted by Gasteiger charge is 2.08. The number of hydrogen-bond donors (Lipinski definition) is 2. The number of nitrogens with one attached hydrogen (secondary N) is 2. The maximum Gasteiger partial charge on any atom is 0.288 e. The smallest absolute Gasteiger partial charge is 0.288 e. The van der Waals surface area contributed by atoms with E-state index in [-0.39, 0.29) is 11.7 Å². The standard InChI is InChI=1S/C8H14N4O/c1-3-6(2)4-9-8(13)7-10-5-11-12-7/h5-6H,3-4H2,1-2H3,(H,9,13)(H,10,11,12). The topological polar surface area (TPSA) is 70.7 Å². The van der Waals surface area contributed by atoms with Gasteiger partial charge in [-0.25, -0.2) is 4.98 Å². The summed E-state index contributed by atoms with van der Waals surface area (Å²) >= 11 is 0. The Morgan fingerprint density at radius 2 is 2.54 bits per heavy atom. The quantitative estimate of drug-likeness (QED) is 0.715. The minimum atomic E-state index is -0.196. The number of aromatic amines is 1. The van der Waals surface area contributed by atoms with Crippen molar-refractivity contribution in [3.8, 4) is 0 Å². The summed E-state index contributed by atoms with van der Waals surface area (Å²) in [6.45, 7) is 4.85. The molecule has 0 aliphatic rings. The third-order valence-electron chi connectivity index (χ3n) is 1.94. The van der Waals surface area contributed by atoms with Gasteiger partial charge in [0.2, 0.25) is 5.82 Å². The van der Waals surface area contributed by atoms with Gasteiger partial charge in [-0.15, -0.1) is 0 Å². The summed E-state index contributed by atoms with van der Waals surface area (Å²) in [5, 5.41) is 8.86. The Bertz CT molecular complexity index is 257. The van der Waals surface area contributed by atoms with Gasteiger partial charge in [-0.05, 0) is 5.92 Å². The first-order chi connectivity index (χ1) is 6.24. The predicted molar refractivity (Wildman–Crippen MR) is 48.2 cm³/mol. The minimum absolute atomic E-state index is 0.196. The molecule has 0 aliphatic carbocycles. The van der Waals surface area contributed by atoms with E-state index in [9.17, 15) is 4.79 Å². The molecule has 1 heterocycles. The van der Waals surface area contributed by atoms with E-state index in [1.54, 1.807) is 0 Å². The summed E-state index contributed by atoms with van der Waals surface area (Å²) in [6.07, 6.45) is 2.37. The molecule has 1 aromatic heterocycles. The SMILES string of the molecule is CCC(C)CNC(=O)c1ncn[nH]1. The average molecular weight is 182 g/mol. The highest BCUT2D eigenvalue weighted by atomic mass is 16.2. The maximum absolute atomic E-state index is 11.3. The lowest BCUT2D eigenvalue weighted by Crippen LogP contribution is -2.28. The Hall–Kier alpha value is -1.39. The molecule has 0 saturated carbocycles. The third kappa shape index (κ3) is 2.85. The van der Waals surface area contributed by atoms with Gasteiger partial charge in [0.1, 0.15) is 6.33 Å². The van der Waals surface area contributed by atoms with Crippen molar-refractivity contribution >= 4 is 5.91 Å². The van der Waals surface area contributed by atoms with Crippen LogP contribution in [0.4, 0.5) is 0 Å². The molecule has 2 N–H and O–H groups in total. The van der Waals surface area contributed by atoms with Crippen LogP contribution in [0.5, 0.6) is 0 Å². The molecule has 0 fully saturated rings. The maximum atomic E-state index is 11.3. The van der Waals surface area contributed by atoms with Crippen molar-refractivity contribution in [1.29, 1.82) is 0 Å². The second kappa shape index (κ2) is 4.59. The summed E-state index contributed by atoms with van der Waals surface area (Å²) in [6, 6.07) is 0. The van der Waals surface area contributed by atoms with Crippen LogP contribution >= 0.6 is 0 Å². The average Bonchev–Trinajstić information content (AvgIpc) is 2.66. The number of hydrogen-bond acceptors (Lipinski definition) is 3. The Morgan fingerprint density at radius 1 is 1.77 bits per heavy atom. The molecule has 1 aromatic rings. The van der Waals surface area contributed by atoms with Crippen molar-refractivity contribution in [2.45, 2.75) is 20.3 Å². The second-order valence-electron chi connectivity index (χ2n) is 3.06. The fourth-order valence-corrected chi connectivity index (χ4v) is 0.810. The van der Waals surface area contributed by atoms with Gasteiger partial charge in [0, 0.05) is 6.54 Å². The molecule has 5 nitrogen and oxygen atoms in total. The summed E-state index contributed by atoms with van der Waals surface area (Å²) in [5.74, 6) is 0.563. The van der Waals surface area contributed by atoms with Gasteiger partial charge in [0.15, 0.2) is 0 Å². The number of amides is 1. The lowest BCUT2D eigenvalue weighted by molar-refractivity contribution is 0.0938. The molecule has 0 spiro atoms. The molecule has 0 radical (unpaired) electrons. The molecular formula is C8H14N4O. The second-order valence-corrected chi connectivity index (χ2v) is 3.06. The van der Waals surface area contributed by atoms with E-state index in [2.05, 4.69) is 34.3 Å². The molecule has 0 aromatic carbocycles. The number of aromatic nitrogens is 3. The van der Waals surface area contributed by atoms with Crippen LogP contribution in [-0.2, 0) is 0 Å². The van der Waals surface area contributed by atoms with E-state index in [1.807, 2.05) is 0 Å². The van der Waals surface area contributed by atoms with E-state index >= 15 is 0 Å². The lowest BCUT2D eigenvalue weighted by Gasteiger charge is -2.08. The number of carbonyl (C=O) groups excluding carboxylic acids is 1. The van der Waals surface area contributed by atoms with Gasteiger partial charge in [-0.2, -0.15) is 5.10 Å². The molecule has 0 aliphatic heterocycles. The third-order valence-corrected chi connectivity index (χ3v) is 1.94. The van der Waals surface area contributed by atoms with Crippen molar-refractivity contribution in [3.05, 3.63) is 12.2 Å². The lowest BCUT2D eigenvalue weighted by atomic mass is 10.1. The minimum Gasteiger partial charge on any atom is -0.349 e.